The Morgan fingerprint density at radius 1 is 1.00 bits per heavy atom. The molecule has 2 N–H and O–H groups in total. The Balaban J connectivity index is 2.19. The minimum absolute atomic E-state index is 0.659. The Morgan fingerprint density at radius 2 is 1.38 bits per heavy atom. The molecule has 0 bridgehead atoms. The molecule has 2 atom stereocenters. The van der Waals surface area contributed by atoms with Gasteiger partial charge in [-0.05, 0) is 26.7 Å². The van der Waals surface area contributed by atoms with E-state index in [4.69, 9.17) is 0 Å². The predicted octanol–water partition coefficient (Wildman–Crippen LogP) is 0.651. The fourth-order valence-electron chi connectivity index (χ4n) is 0.929. The van der Waals surface area contributed by atoms with Gasteiger partial charge >= 0.3 is 0 Å². The zero-order chi connectivity index (χ0) is 5.98. The van der Waals surface area contributed by atoms with Gasteiger partial charge in [-0.15, -0.1) is 0 Å². The third kappa shape index (κ3) is 1.46. The highest BCUT2D eigenvalue weighted by Crippen LogP contribution is 2.03. The van der Waals surface area contributed by atoms with Crippen LogP contribution in [0.3, 0.4) is 0 Å². The van der Waals surface area contributed by atoms with E-state index in [1.165, 1.54) is 12.8 Å². The zero-order valence-corrected chi connectivity index (χ0v) is 5.57. The lowest BCUT2D eigenvalue weighted by Crippen LogP contribution is -2.49. The van der Waals surface area contributed by atoms with Crippen LogP contribution >= 0.6 is 0 Å². The molecule has 1 aliphatic rings. The van der Waals surface area contributed by atoms with E-state index in [0.717, 1.165) is 0 Å². The van der Waals surface area contributed by atoms with Crippen molar-refractivity contribution in [2.75, 3.05) is 0 Å². The van der Waals surface area contributed by atoms with Gasteiger partial charge in [0.1, 0.15) is 0 Å². The van der Waals surface area contributed by atoms with Gasteiger partial charge in [-0.1, -0.05) is 0 Å². The number of rotatable bonds is 0. The Kier molecular flexibility index (Phi) is 1.86. The highest BCUT2D eigenvalue weighted by Gasteiger charge is 2.11. The average molecular weight is 114 g/mol. The molecule has 1 aliphatic heterocycles. The van der Waals surface area contributed by atoms with Gasteiger partial charge in [-0.3, -0.25) is 10.9 Å². The van der Waals surface area contributed by atoms with Gasteiger partial charge in [-0.25, -0.2) is 0 Å². The second-order valence-electron chi connectivity index (χ2n) is 2.67. The summed E-state index contributed by atoms with van der Waals surface area (Å²) in [6, 6.07) is 1.32. The van der Waals surface area contributed by atoms with Gasteiger partial charge in [0.05, 0.1) is 0 Å². The van der Waals surface area contributed by atoms with Crippen LogP contribution in [0.4, 0.5) is 0 Å². The standard InChI is InChI=1S/C6H14N2/c1-5-3-4-6(2)8-7-5/h5-8H,3-4H2,1-2H3. The van der Waals surface area contributed by atoms with Crippen LogP contribution in [0, 0.1) is 0 Å². The quantitative estimate of drug-likeness (QED) is 0.483. The summed E-state index contributed by atoms with van der Waals surface area (Å²) < 4.78 is 0. The van der Waals surface area contributed by atoms with Crippen molar-refractivity contribution in [2.45, 2.75) is 38.8 Å². The summed E-state index contributed by atoms with van der Waals surface area (Å²) in [5.74, 6) is 0. The molecule has 8 heavy (non-hydrogen) atoms. The van der Waals surface area contributed by atoms with Crippen molar-refractivity contribution in [2.24, 2.45) is 0 Å². The first-order chi connectivity index (χ1) is 3.79. The van der Waals surface area contributed by atoms with Crippen molar-refractivity contribution < 1.29 is 0 Å². The van der Waals surface area contributed by atoms with Gasteiger partial charge in [0, 0.05) is 12.1 Å². The highest BCUT2D eigenvalue weighted by atomic mass is 15.4. The van der Waals surface area contributed by atoms with Crippen molar-refractivity contribution >= 4 is 0 Å². The summed E-state index contributed by atoms with van der Waals surface area (Å²) in [7, 11) is 0. The normalized spacial score (nSPS) is 39.8. The highest BCUT2D eigenvalue weighted by molar-refractivity contribution is 4.69. The summed E-state index contributed by atoms with van der Waals surface area (Å²) >= 11 is 0. The van der Waals surface area contributed by atoms with Gasteiger partial charge in [-0.2, -0.15) is 0 Å². The number of hydrogen-bond donors (Lipinski definition) is 2. The maximum Gasteiger partial charge on any atom is 0.0185 e. The van der Waals surface area contributed by atoms with Crippen molar-refractivity contribution in [3.63, 3.8) is 0 Å². The van der Waals surface area contributed by atoms with E-state index in [1.54, 1.807) is 0 Å². The molecule has 0 aliphatic carbocycles. The van der Waals surface area contributed by atoms with E-state index >= 15 is 0 Å². The first-order valence-electron chi connectivity index (χ1n) is 3.30. The predicted molar refractivity (Wildman–Crippen MR) is 34.4 cm³/mol. The van der Waals surface area contributed by atoms with E-state index in [0.29, 0.717) is 12.1 Å². The average Bonchev–Trinajstić information content (AvgIpc) is 1.77. The molecule has 1 saturated heterocycles. The van der Waals surface area contributed by atoms with Crippen LogP contribution in [0.1, 0.15) is 26.7 Å². The first-order valence-corrected chi connectivity index (χ1v) is 3.30. The van der Waals surface area contributed by atoms with E-state index in [1.807, 2.05) is 0 Å². The molecule has 48 valence electrons. The molecule has 0 aromatic rings. The van der Waals surface area contributed by atoms with Crippen molar-refractivity contribution in [3.05, 3.63) is 0 Å². The van der Waals surface area contributed by atoms with Crippen LogP contribution in [0.2, 0.25) is 0 Å². The van der Waals surface area contributed by atoms with Crippen LogP contribution in [0.15, 0.2) is 0 Å². The summed E-state index contributed by atoms with van der Waals surface area (Å²) in [5, 5.41) is 0. The molecular formula is C6H14N2. The van der Waals surface area contributed by atoms with E-state index in [9.17, 15) is 0 Å². The molecule has 0 amide bonds. The van der Waals surface area contributed by atoms with Crippen LogP contribution in [-0.4, -0.2) is 12.1 Å². The molecule has 2 heteroatoms. The van der Waals surface area contributed by atoms with E-state index in [-0.39, 0.29) is 0 Å². The molecule has 0 aromatic carbocycles. The van der Waals surface area contributed by atoms with Gasteiger partial charge < -0.3 is 0 Å². The van der Waals surface area contributed by atoms with E-state index in [2.05, 4.69) is 24.7 Å². The van der Waals surface area contributed by atoms with Gasteiger partial charge in [0.25, 0.3) is 0 Å². The molecule has 2 unspecified atom stereocenters. The van der Waals surface area contributed by atoms with Gasteiger partial charge in [0.15, 0.2) is 0 Å². The van der Waals surface area contributed by atoms with Crippen LogP contribution < -0.4 is 10.9 Å². The summed E-state index contributed by atoms with van der Waals surface area (Å²) in [4.78, 5) is 0. The Morgan fingerprint density at radius 3 is 1.62 bits per heavy atom. The maximum absolute atomic E-state index is 3.18. The molecular weight excluding hydrogens is 100 g/mol. The molecule has 1 heterocycles. The molecule has 0 aromatic heterocycles. The fourth-order valence-corrected chi connectivity index (χ4v) is 0.929. The van der Waals surface area contributed by atoms with Gasteiger partial charge in [0.2, 0.25) is 0 Å². The third-order valence-corrected chi connectivity index (χ3v) is 1.61. The number of hydrazine groups is 1. The summed E-state index contributed by atoms with van der Waals surface area (Å²) in [5.41, 5.74) is 6.36. The first kappa shape index (κ1) is 6.05. The molecule has 1 rings (SSSR count). The summed E-state index contributed by atoms with van der Waals surface area (Å²) in [6.45, 7) is 4.39. The Labute approximate surface area is 50.6 Å². The number of nitrogens with one attached hydrogen (secondary N) is 2. The third-order valence-electron chi connectivity index (χ3n) is 1.61. The number of hydrogen-bond acceptors (Lipinski definition) is 2. The summed E-state index contributed by atoms with van der Waals surface area (Å²) in [6.07, 6.45) is 2.60. The Hall–Kier alpha value is -0.0800. The van der Waals surface area contributed by atoms with E-state index < -0.39 is 0 Å². The lowest BCUT2D eigenvalue weighted by molar-refractivity contribution is 0.301. The molecule has 1 fully saturated rings. The smallest absolute Gasteiger partial charge is 0.0185 e. The Bertz CT molecular complexity index is 54.9. The SMILES string of the molecule is CC1CCC(C)NN1. The van der Waals surface area contributed by atoms with Crippen LogP contribution in [-0.2, 0) is 0 Å². The second-order valence-corrected chi connectivity index (χ2v) is 2.67. The van der Waals surface area contributed by atoms with Crippen molar-refractivity contribution in [1.29, 1.82) is 0 Å². The maximum atomic E-state index is 3.18. The fraction of sp³-hybridized carbons (Fsp3) is 1.00. The zero-order valence-electron chi connectivity index (χ0n) is 5.57. The topological polar surface area (TPSA) is 24.1 Å². The molecule has 0 spiro atoms. The molecule has 0 radical (unpaired) electrons. The van der Waals surface area contributed by atoms with Crippen LogP contribution in [0.5, 0.6) is 0 Å². The largest absolute Gasteiger partial charge is 0.255 e. The van der Waals surface area contributed by atoms with Crippen molar-refractivity contribution in [3.8, 4) is 0 Å². The molecule has 0 saturated carbocycles. The minimum atomic E-state index is 0.659. The second kappa shape index (κ2) is 2.46. The molecule has 2 nitrogen and oxygen atoms in total. The lowest BCUT2D eigenvalue weighted by Gasteiger charge is -2.25. The minimum Gasteiger partial charge on any atom is -0.255 e. The van der Waals surface area contributed by atoms with Crippen LogP contribution in [0.25, 0.3) is 0 Å². The lowest BCUT2D eigenvalue weighted by atomic mass is 10.1. The monoisotopic (exact) mass is 114 g/mol. The van der Waals surface area contributed by atoms with Crippen molar-refractivity contribution in [1.82, 2.24) is 10.9 Å².